The summed E-state index contributed by atoms with van der Waals surface area (Å²) in [6.45, 7) is 7.03. The van der Waals surface area contributed by atoms with Crippen molar-refractivity contribution in [1.82, 2.24) is 9.97 Å². The largest absolute Gasteiger partial charge is 0.274 e. The van der Waals surface area contributed by atoms with Crippen molar-refractivity contribution in [2.75, 3.05) is 23.2 Å². The summed E-state index contributed by atoms with van der Waals surface area (Å²) >= 11 is 2.73. The van der Waals surface area contributed by atoms with Crippen LogP contribution in [0.15, 0.2) is 23.4 Å². The van der Waals surface area contributed by atoms with Crippen molar-refractivity contribution < 1.29 is 18.0 Å². The Balaban J connectivity index is 2.54. The third-order valence-electron chi connectivity index (χ3n) is 4.14. The fraction of sp³-hybridized carbons (Fsp3) is 0.474. The predicted octanol–water partition coefficient (Wildman–Crippen LogP) is 3.43. The summed E-state index contributed by atoms with van der Waals surface area (Å²) < 4.78 is 23.7. The lowest BCUT2D eigenvalue weighted by atomic mass is 10.1. The normalized spacial score (nSPS) is 12.8. The number of thioether (sulfide) groups is 1. The number of carbonyl (C=O) groups is 2. The van der Waals surface area contributed by atoms with Crippen molar-refractivity contribution in [1.29, 1.82) is 0 Å². The SMILES string of the molecule is CSCC(C)C(=O)N(C(=O)C(C)C)c1sc(-c2cncc(S(C)(=O)=O)c2)nc1C. The summed E-state index contributed by atoms with van der Waals surface area (Å²) in [7, 11) is -3.42. The van der Waals surface area contributed by atoms with Crippen LogP contribution < -0.4 is 4.90 Å². The van der Waals surface area contributed by atoms with Gasteiger partial charge in [0.05, 0.1) is 10.6 Å². The third-order valence-corrected chi connectivity index (χ3v) is 7.24. The van der Waals surface area contributed by atoms with E-state index in [1.807, 2.05) is 6.26 Å². The second kappa shape index (κ2) is 9.36. The van der Waals surface area contributed by atoms with Crippen LogP contribution in [0.5, 0.6) is 0 Å². The minimum absolute atomic E-state index is 0.0872. The summed E-state index contributed by atoms with van der Waals surface area (Å²) in [6.07, 6.45) is 5.82. The number of sulfone groups is 1. The zero-order valence-corrected chi connectivity index (χ0v) is 19.7. The maximum absolute atomic E-state index is 13.0. The molecule has 0 aromatic carbocycles. The number of anilines is 1. The summed E-state index contributed by atoms with van der Waals surface area (Å²) in [5.41, 5.74) is 1.06. The Morgan fingerprint density at radius 2 is 1.86 bits per heavy atom. The topological polar surface area (TPSA) is 97.3 Å². The highest BCUT2D eigenvalue weighted by Gasteiger charge is 2.32. The van der Waals surface area contributed by atoms with Crippen molar-refractivity contribution >= 4 is 49.8 Å². The number of hydrogen-bond donors (Lipinski definition) is 0. The van der Waals surface area contributed by atoms with E-state index < -0.39 is 9.84 Å². The molecule has 1 unspecified atom stereocenters. The molecule has 10 heteroatoms. The van der Waals surface area contributed by atoms with Gasteiger partial charge in [-0.3, -0.25) is 14.6 Å². The van der Waals surface area contributed by atoms with E-state index in [0.29, 0.717) is 27.0 Å². The molecule has 0 saturated heterocycles. The lowest BCUT2D eigenvalue weighted by Crippen LogP contribution is -2.43. The van der Waals surface area contributed by atoms with Crippen molar-refractivity contribution in [3.05, 3.63) is 24.2 Å². The van der Waals surface area contributed by atoms with Crippen molar-refractivity contribution in [2.45, 2.75) is 32.6 Å². The highest BCUT2D eigenvalue weighted by Crippen LogP contribution is 2.36. The molecule has 0 aliphatic carbocycles. The molecule has 0 bridgehead atoms. The first-order valence-electron chi connectivity index (χ1n) is 8.97. The highest BCUT2D eigenvalue weighted by molar-refractivity contribution is 7.98. The van der Waals surface area contributed by atoms with Crippen LogP contribution in [0.3, 0.4) is 0 Å². The Bertz CT molecular complexity index is 1020. The maximum Gasteiger partial charge on any atom is 0.238 e. The predicted molar refractivity (Wildman–Crippen MR) is 118 cm³/mol. The monoisotopic (exact) mass is 455 g/mol. The molecule has 1 atom stereocenters. The van der Waals surface area contributed by atoms with E-state index >= 15 is 0 Å². The van der Waals surface area contributed by atoms with Gasteiger partial charge in [0.25, 0.3) is 0 Å². The van der Waals surface area contributed by atoms with Gasteiger partial charge in [0.15, 0.2) is 9.84 Å². The van der Waals surface area contributed by atoms with Crippen LogP contribution >= 0.6 is 23.1 Å². The number of hydrogen-bond acceptors (Lipinski definition) is 8. The molecule has 2 aromatic rings. The van der Waals surface area contributed by atoms with Crippen molar-refractivity contribution in [3.63, 3.8) is 0 Å². The number of carbonyl (C=O) groups excluding carboxylic acids is 2. The molecular weight excluding hydrogens is 430 g/mol. The number of aromatic nitrogens is 2. The van der Waals surface area contributed by atoms with Crippen molar-refractivity contribution in [3.8, 4) is 10.6 Å². The Labute approximate surface area is 179 Å². The number of imide groups is 1. The molecule has 2 rings (SSSR count). The van der Waals surface area contributed by atoms with Crippen LogP contribution in [0, 0.1) is 18.8 Å². The second-order valence-corrected chi connectivity index (χ2v) is 11.0. The molecule has 0 spiro atoms. The summed E-state index contributed by atoms with van der Waals surface area (Å²) in [6, 6.07) is 1.50. The molecule has 0 radical (unpaired) electrons. The van der Waals surface area contributed by atoms with E-state index in [-0.39, 0.29) is 28.5 Å². The van der Waals surface area contributed by atoms with Gasteiger partial charge < -0.3 is 0 Å². The number of rotatable bonds is 7. The molecule has 0 fully saturated rings. The second-order valence-electron chi connectivity index (χ2n) is 7.11. The smallest absolute Gasteiger partial charge is 0.238 e. The standard InChI is InChI=1S/C19H25N3O4S3/c1-11(2)17(23)22(18(24)12(3)10-27-5)19-13(4)21-16(28-19)14-7-15(9-20-8-14)29(6,25)26/h7-9,11-12H,10H2,1-6H3. The minimum Gasteiger partial charge on any atom is -0.274 e. The van der Waals surface area contributed by atoms with Gasteiger partial charge >= 0.3 is 0 Å². The highest BCUT2D eigenvalue weighted by atomic mass is 32.2. The van der Waals surface area contributed by atoms with Gasteiger partial charge in [0.2, 0.25) is 11.8 Å². The number of aryl methyl sites for hydroxylation is 1. The van der Waals surface area contributed by atoms with Gasteiger partial charge in [-0.15, -0.1) is 0 Å². The van der Waals surface area contributed by atoms with Gasteiger partial charge in [0.1, 0.15) is 10.0 Å². The van der Waals surface area contributed by atoms with Crippen LogP contribution in [-0.4, -0.2) is 48.5 Å². The zero-order valence-electron chi connectivity index (χ0n) is 17.3. The lowest BCUT2D eigenvalue weighted by molar-refractivity contribution is -0.129. The van der Waals surface area contributed by atoms with Crippen LogP contribution in [-0.2, 0) is 19.4 Å². The van der Waals surface area contributed by atoms with E-state index in [1.54, 1.807) is 39.5 Å². The molecule has 0 N–H and O–H groups in total. The summed E-state index contributed by atoms with van der Waals surface area (Å²) in [5.74, 6) is -0.636. The van der Waals surface area contributed by atoms with Crippen LogP contribution in [0.4, 0.5) is 5.00 Å². The van der Waals surface area contributed by atoms with E-state index in [0.717, 1.165) is 6.26 Å². The van der Waals surface area contributed by atoms with Crippen LogP contribution in [0.1, 0.15) is 26.5 Å². The fourth-order valence-electron chi connectivity index (χ4n) is 2.57. The van der Waals surface area contributed by atoms with E-state index in [9.17, 15) is 18.0 Å². The Morgan fingerprint density at radius 1 is 1.21 bits per heavy atom. The minimum atomic E-state index is -3.42. The van der Waals surface area contributed by atoms with Crippen LogP contribution in [0.2, 0.25) is 0 Å². The van der Waals surface area contributed by atoms with E-state index in [4.69, 9.17) is 0 Å². The molecule has 29 heavy (non-hydrogen) atoms. The van der Waals surface area contributed by atoms with E-state index in [1.165, 1.54) is 34.7 Å². The quantitative estimate of drug-likeness (QED) is 0.631. The molecule has 0 saturated carbocycles. The Morgan fingerprint density at radius 3 is 2.41 bits per heavy atom. The third kappa shape index (κ3) is 5.43. The van der Waals surface area contributed by atoms with Gasteiger partial charge in [-0.1, -0.05) is 32.1 Å². The molecule has 158 valence electrons. The molecular formula is C19H25N3O4S3. The zero-order chi connectivity index (χ0) is 21.9. The number of amides is 2. The first-order valence-corrected chi connectivity index (χ1v) is 13.1. The van der Waals surface area contributed by atoms with Gasteiger partial charge in [0, 0.05) is 41.8 Å². The van der Waals surface area contributed by atoms with Gasteiger partial charge in [-0.05, 0) is 19.2 Å². The number of pyridine rings is 1. The van der Waals surface area contributed by atoms with Crippen LogP contribution in [0.25, 0.3) is 10.6 Å². The molecule has 7 nitrogen and oxygen atoms in total. The molecule has 2 heterocycles. The molecule has 2 amide bonds. The Hall–Kier alpha value is -1.78. The van der Waals surface area contributed by atoms with Gasteiger partial charge in [-0.25, -0.2) is 18.3 Å². The summed E-state index contributed by atoms with van der Waals surface area (Å²) in [4.78, 5) is 35.7. The molecule has 0 aliphatic heterocycles. The first-order chi connectivity index (χ1) is 13.5. The number of nitrogens with zero attached hydrogens (tertiary/aromatic N) is 3. The fourth-order valence-corrected chi connectivity index (χ4v) is 4.86. The maximum atomic E-state index is 13.0. The summed E-state index contributed by atoms with van der Waals surface area (Å²) in [5, 5.41) is 0.962. The molecule has 0 aliphatic rings. The molecule has 2 aromatic heterocycles. The van der Waals surface area contributed by atoms with Crippen molar-refractivity contribution in [2.24, 2.45) is 11.8 Å². The lowest BCUT2D eigenvalue weighted by Gasteiger charge is -2.24. The van der Waals surface area contributed by atoms with E-state index in [2.05, 4.69) is 9.97 Å². The first kappa shape index (κ1) is 23.5. The Kier molecular flexibility index (Phi) is 7.58. The average molecular weight is 456 g/mol. The number of thiazole rings is 1. The van der Waals surface area contributed by atoms with Gasteiger partial charge in [-0.2, -0.15) is 11.8 Å². The average Bonchev–Trinajstić information content (AvgIpc) is 3.02.